The molecule has 1 rings (SSSR count). The Morgan fingerprint density at radius 2 is 1.67 bits per heavy atom. The van der Waals surface area contributed by atoms with Crippen LogP contribution in [0.3, 0.4) is 0 Å². The summed E-state index contributed by atoms with van der Waals surface area (Å²) in [5, 5.41) is 1.16. The Balaban J connectivity index is 0.00000121. The van der Waals surface area contributed by atoms with E-state index in [0.717, 1.165) is 11.0 Å². The molecule has 66 valence electrons. The summed E-state index contributed by atoms with van der Waals surface area (Å²) in [4.78, 5) is 0. The normalized spacial score (nSPS) is 10.1. The number of hydrogen-bond donors (Lipinski definition) is 2. The van der Waals surface area contributed by atoms with Crippen LogP contribution in [0, 0.1) is 0 Å². The molecule has 3 nitrogen and oxygen atoms in total. The van der Waals surface area contributed by atoms with E-state index in [1.54, 1.807) is 6.08 Å². The van der Waals surface area contributed by atoms with Gasteiger partial charge in [0, 0.05) is 5.41 Å². The molecular weight excluding hydrogens is 174 g/mol. The van der Waals surface area contributed by atoms with Crippen molar-refractivity contribution in [3.8, 4) is 0 Å². The van der Waals surface area contributed by atoms with Crippen molar-refractivity contribution >= 4 is 16.8 Å². The molecule has 0 bridgehead atoms. The molecule has 0 fully saturated rings. The second-order valence-electron chi connectivity index (χ2n) is 2.01. The summed E-state index contributed by atoms with van der Waals surface area (Å²) in [7, 11) is -2.40. The average molecular weight is 185 g/mol. The van der Waals surface area contributed by atoms with Crippen molar-refractivity contribution < 1.29 is 8.42 Å². The molecule has 0 aliphatic rings. The predicted octanol–water partition coefficient (Wildman–Crippen LogP) is 1.43. The average Bonchev–Trinajstić information content (AvgIpc) is 2.03. The van der Waals surface area contributed by atoms with Crippen LogP contribution in [-0.2, 0) is 10.7 Å². The van der Waals surface area contributed by atoms with Crippen molar-refractivity contribution in [3.63, 3.8) is 0 Å². The Labute approximate surface area is 73.3 Å². The van der Waals surface area contributed by atoms with E-state index in [9.17, 15) is 8.42 Å². The number of thiol groups is 1. The molecule has 0 aliphatic heterocycles. The molecule has 1 aromatic rings. The maximum atomic E-state index is 10.1. The molecule has 12 heavy (non-hydrogen) atoms. The third-order valence-corrected chi connectivity index (χ3v) is 1.58. The summed E-state index contributed by atoms with van der Waals surface area (Å²) in [5.41, 5.74) is 0.895. The summed E-state index contributed by atoms with van der Waals surface area (Å²) in [6.07, 6.45) is 1.56. The minimum Gasteiger partial charge on any atom is -0.344 e. The van der Waals surface area contributed by atoms with E-state index in [1.807, 2.05) is 30.3 Å². The van der Waals surface area contributed by atoms with E-state index < -0.39 is 10.7 Å². The van der Waals surface area contributed by atoms with Crippen molar-refractivity contribution in [2.75, 3.05) is 0 Å². The molecule has 1 aromatic carbocycles. The highest BCUT2D eigenvalue weighted by atomic mass is 32.2. The smallest absolute Gasteiger partial charge is 0.161 e. The number of rotatable bonds is 2. The Hall–Kier alpha value is -1.13. The van der Waals surface area contributed by atoms with Crippen molar-refractivity contribution in [2.45, 2.75) is 0 Å². The first kappa shape index (κ1) is 10.9. The van der Waals surface area contributed by atoms with Crippen LogP contribution in [0.15, 0.2) is 35.7 Å². The van der Waals surface area contributed by atoms with E-state index in [2.05, 4.69) is 0 Å². The van der Waals surface area contributed by atoms with Crippen molar-refractivity contribution in [1.29, 1.82) is 0 Å². The standard InChI is InChI=1S/C8H8O2S.H3N/c9-11(10)7-6-8-4-2-1-3-5-8;/h1-7,11H;1H3. The van der Waals surface area contributed by atoms with Crippen LogP contribution in [0.2, 0.25) is 0 Å². The second-order valence-corrected chi connectivity index (χ2v) is 2.88. The maximum absolute atomic E-state index is 10.1. The van der Waals surface area contributed by atoms with Gasteiger partial charge < -0.3 is 6.15 Å². The van der Waals surface area contributed by atoms with Gasteiger partial charge in [-0.15, -0.1) is 0 Å². The minimum absolute atomic E-state index is 0. The largest absolute Gasteiger partial charge is 0.344 e. The van der Waals surface area contributed by atoms with Gasteiger partial charge in [-0.05, 0) is 11.6 Å². The third kappa shape index (κ3) is 3.90. The molecular formula is C8H11NO2S. The molecule has 0 unspecified atom stereocenters. The lowest BCUT2D eigenvalue weighted by Gasteiger charge is -1.86. The molecule has 0 amide bonds. The van der Waals surface area contributed by atoms with Gasteiger partial charge in [-0.3, -0.25) is 0 Å². The monoisotopic (exact) mass is 185 g/mol. The molecule has 0 aliphatic carbocycles. The molecule has 0 saturated heterocycles. The third-order valence-electron chi connectivity index (χ3n) is 1.19. The van der Waals surface area contributed by atoms with Gasteiger partial charge in [0.2, 0.25) is 0 Å². The van der Waals surface area contributed by atoms with Crippen LogP contribution in [-0.4, -0.2) is 8.42 Å². The number of hydrogen-bond acceptors (Lipinski definition) is 3. The molecule has 0 spiro atoms. The van der Waals surface area contributed by atoms with Crippen LogP contribution in [0.25, 0.3) is 6.08 Å². The van der Waals surface area contributed by atoms with E-state index in [-0.39, 0.29) is 6.15 Å². The fraction of sp³-hybridized carbons (Fsp3) is 0. The zero-order valence-corrected chi connectivity index (χ0v) is 7.41. The van der Waals surface area contributed by atoms with Crippen LogP contribution in [0.1, 0.15) is 5.56 Å². The Morgan fingerprint density at radius 3 is 2.17 bits per heavy atom. The predicted molar refractivity (Wildman–Crippen MR) is 50.8 cm³/mol. The zero-order chi connectivity index (χ0) is 8.10. The Kier molecular flexibility index (Phi) is 4.99. The minimum atomic E-state index is -2.40. The molecule has 3 N–H and O–H groups in total. The topological polar surface area (TPSA) is 69.1 Å². The van der Waals surface area contributed by atoms with Crippen LogP contribution in [0.4, 0.5) is 0 Å². The quantitative estimate of drug-likeness (QED) is 0.685. The van der Waals surface area contributed by atoms with E-state index >= 15 is 0 Å². The zero-order valence-electron chi connectivity index (χ0n) is 6.51. The van der Waals surface area contributed by atoms with Gasteiger partial charge in [0.1, 0.15) is 0 Å². The summed E-state index contributed by atoms with van der Waals surface area (Å²) in [6, 6.07) is 9.29. The van der Waals surface area contributed by atoms with Crippen molar-refractivity contribution in [3.05, 3.63) is 41.3 Å². The van der Waals surface area contributed by atoms with Crippen LogP contribution in [0.5, 0.6) is 0 Å². The van der Waals surface area contributed by atoms with Gasteiger partial charge >= 0.3 is 0 Å². The summed E-state index contributed by atoms with van der Waals surface area (Å²) < 4.78 is 20.2. The van der Waals surface area contributed by atoms with Gasteiger partial charge in [0.25, 0.3) is 0 Å². The Morgan fingerprint density at radius 1 is 1.08 bits per heavy atom. The lowest BCUT2D eigenvalue weighted by Crippen LogP contribution is -1.69. The molecule has 0 aromatic heterocycles. The fourth-order valence-corrected chi connectivity index (χ4v) is 1.00. The number of benzene rings is 1. The lowest BCUT2D eigenvalue weighted by molar-refractivity contribution is 0.622. The first-order valence-corrected chi connectivity index (χ1v) is 4.40. The highest BCUT2D eigenvalue weighted by molar-refractivity contribution is 7.75. The maximum Gasteiger partial charge on any atom is 0.161 e. The summed E-state index contributed by atoms with van der Waals surface area (Å²) >= 11 is 0. The molecule has 0 saturated carbocycles. The molecule has 4 heteroatoms. The van der Waals surface area contributed by atoms with Gasteiger partial charge in [0.15, 0.2) is 10.7 Å². The van der Waals surface area contributed by atoms with Crippen molar-refractivity contribution in [1.82, 2.24) is 6.15 Å². The lowest BCUT2D eigenvalue weighted by atomic mass is 10.2. The SMILES string of the molecule is N.O=[SH](=O)C=Cc1ccccc1. The van der Waals surface area contributed by atoms with E-state index in [1.165, 1.54) is 0 Å². The molecule has 0 radical (unpaired) electrons. The van der Waals surface area contributed by atoms with E-state index in [4.69, 9.17) is 0 Å². The first-order valence-electron chi connectivity index (χ1n) is 3.16. The molecule has 0 heterocycles. The van der Waals surface area contributed by atoms with Gasteiger partial charge in [-0.25, -0.2) is 8.42 Å². The summed E-state index contributed by atoms with van der Waals surface area (Å²) in [6.45, 7) is 0. The van der Waals surface area contributed by atoms with E-state index in [0.29, 0.717) is 0 Å². The molecule has 0 atom stereocenters. The van der Waals surface area contributed by atoms with Gasteiger partial charge in [0.05, 0.1) is 0 Å². The van der Waals surface area contributed by atoms with Crippen LogP contribution < -0.4 is 6.15 Å². The highest BCUT2D eigenvalue weighted by Crippen LogP contribution is 1.99. The van der Waals surface area contributed by atoms with Crippen LogP contribution >= 0.6 is 0 Å². The second kappa shape index (κ2) is 5.51. The first-order chi connectivity index (χ1) is 5.29. The highest BCUT2D eigenvalue weighted by Gasteiger charge is 1.81. The summed E-state index contributed by atoms with van der Waals surface area (Å²) in [5.74, 6) is 0. The Bertz CT molecular complexity index is 309. The van der Waals surface area contributed by atoms with Crippen molar-refractivity contribution in [2.24, 2.45) is 0 Å². The van der Waals surface area contributed by atoms with Gasteiger partial charge in [-0.2, -0.15) is 0 Å². The van der Waals surface area contributed by atoms with Gasteiger partial charge in [-0.1, -0.05) is 30.3 Å². The fourth-order valence-electron chi connectivity index (χ4n) is 0.711.